The Morgan fingerprint density at radius 3 is 1.97 bits per heavy atom. The van der Waals surface area contributed by atoms with Crippen LogP contribution in [0.25, 0.3) is 0 Å². The third kappa shape index (κ3) is 9.19. The van der Waals surface area contributed by atoms with E-state index < -0.39 is 28.5 Å². The van der Waals surface area contributed by atoms with Crippen molar-refractivity contribution in [3.05, 3.63) is 98.9 Å². The number of hydrogen-bond donors (Lipinski definition) is 1. The number of nitrogens with zero attached hydrogens (tertiary/aromatic N) is 2. The van der Waals surface area contributed by atoms with E-state index in [0.29, 0.717) is 5.69 Å². The number of benzene rings is 3. The molecular formula is C29H33Br2N3O4S. The zero-order chi connectivity index (χ0) is 28.6. The Labute approximate surface area is 247 Å². The minimum absolute atomic E-state index is 0.0873. The van der Waals surface area contributed by atoms with Crippen LogP contribution in [0.4, 0.5) is 5.69 Å². The molecular weight excluding hydrogens is 646 g/mol. The van der Waals surface area contributed by atoms with Gasteiger partial charge in [-0.2, -0.15) is 0 Å². The van der Waals surface area contributed by atoms with Crippen LogP contribution in [0.2, 0.25) is 0 Å². The third-order valence-corrected chi connectivity index (χ3v) is 8.53. The zero-order valence-corrected chi connectivity index (χ0v) is 26.2. The molecule has 0 saturated carbocycles. The Morgan fingerprint density at radius 1 is 0.872 bits per heavy atom. The molecule has 1 N–H and O–H groups in total. The van der Waals surface area contributed by atoms with Gasteiger partial charge in [0, 0.05) is 28.0 Å². The topological polar surface area (TPSA) is 86.8 Å². The lowest BCUT2D eigenvalue weighted by Gasteiger charge is -2.34. The third-order valence-electron chi connectivity index (χ3n) is 6.33. The number of anilines is 1. The molecule has 3 aromatic rings. The van der Waals surface area contributed by atoms with Crippen LogP contribution in [0.3, 0.4) is 0 Å². The number of rotatable bonds is 12. The maximum atomic E-state index is 14.0. The maximum Gasteiger partial charge on any atom is 0.244 e. The van der Waals surface area contributed by atoms with E-state index in [1.165, 1.54) is 4.90 Å². The number of carbonyl (C=O) groups excluding carboxylic acids is 2. The predicted octanol–water partition coefficient (Wildman–Crippen LogP) is 5.53. The van der Waals surface area contributed by atoms with Gasteiger partial charge in [0.1, 0.15) is 12.6 Å². The van der Waals surface area contributed by atoms with Crippen LogP contribution in [0, 0.1) is 0 Å². The first-order chi connectivity index (χ1) is 18.5. The van der Waals surface area contributed by atoms with E-state index in [4.69, 9.17) is 0 Å². The van der Waals surface area contributed by atoms with E-state index in [0.717, 1.165) is 37.1 Å². The summed E-state index contributed by atoms with van der Waals surface area (Å²) in [5, 5.41) is 3.02. The smallest absolute Gasteiger partial charge is 0.244 e. The van der Waals surface area contributed by atoms with Crippen molar-refractivity contribution in [2.45, 2.75) is 45.3 Å². The fourth-order valence-corrected chi connectivity index (χ4v) is 5.38. The summed E-state index contributed by atoms with van der Waals surface area (Å²) in [6, 6.07) is 22.7. The normalized spacial score (nSPS) is 12.8. The molecule has 2 amide bonds. The van der Waals surface area contributed by atoms with E-state index >= 15 is 0 Å². The molecule has 0 aliphatic rings. The number of nitrogens with one attached hydrogen (secondary N) is 1. The highest BCUT2D eigenvalue weighted by atomic mass is 79.9. The number of amides is 2. The molecule has 39 heavy (non-hydrogen) atoms. The first-order valence-electron chi connectivity index (χ1n) is 12.6. The summed E-state index contributed by atoms with van der Waals surface area (Å²) in [6.45, 7) is 3.58. The van der Waals surface area contributed by atoms with Gasteiger partial charge in [0.05, 0.1) is 11.9 Å². The summed E-state index contributed by atoms with van der Waals surface area (Å²) in [7, 11) is -3.80. The summed E-state index contributed by atoms with van der Waals surface area (Å²) in [6.07, 6.45) is 2.08. The lowest BCUT2D eigenvalue weighted by Crippen LogP contribution is -2.54. The molecule has 0 heterocycles. The highest BCUT2D eigenvalue weighted by Crippen LogP contribution is 2.23. The first kappa shape index (κ1) is 30.8. The summed E-state index contributed by atoms with van der Waals surface area (Å²) in [5.74, 6) is -0.764. The molecule has 7 nitrogen and oxygen atoms in total. The summed E-state index contributed by atoms with van der Waals surface area (Å²) >= 11 is 6.80. The molecule has 0 aliphatic heterocycles. The molecule has 0 radical (unpaired) electrons. The fraction of sp³-hybridized carbons (Fsp3) is 0.310. The van der Waals surface area contributed by atoms with E-state index in [1.807, 2.05) is 68.4 Å². The second-order valence-corrected chi connectivity index (χ2v) is 13.2. The minimum atomic E-state index is -3.80. The van der Waals surface area contributed by atoms with Gasteiger partial charge in [0.15, 0.2) is 0 Å². The minimum Gasteiger partial charge on any atom is -0.352 e. The van der Waals surface area contributed by atoms with Crippen molar-refractivity contribution in [2.24, 2.45) is 0 Å². The van der Waals surface area contributed by atoms with E-state index in [2.05, 4.69) is 37.2 Å². The quantitative estimate of drug-likeness (QED) is 0.273. The molecule has 3 aromatic carbocycles. The zero-order valence-electron chi connectivity index (χ0n) is 22.2. The van der Waals surface area contributed by atoms with Crippen LogP contribution >= 0.6 is 31.9 Å². The second-order valence-electron chi connectivity index (χ2n) is 9.42. The van der Waals surface area contributed by atoms with E-state index in [-0.39, 0.29) is 24.9 Å². The van der Waals surface area contributed by atoms with Crippen LogP contribution in [-0.4, -0.2) is 50.0 Å². The van der Waals surface area contributed by atoms with Gasteiger partial charge in [-0.05, 0) is 60.9 Å². The van der Waals surface area contributed by atoms with Crippen molar-refractivity contribution in [3.8, 4) is 0 Å². The van der Waals surface area contributed by atoms with Crippen LogP contribution in [0.15, 0.2) is 87.8 Å². The largest absolute Gasteiger partial charge is 0.352 e. The average molecular weight is 679 g/mol. The van der Waals surface area contributed by atoms with Gasteiger partial charge in [-0.1, -0.05) is 81.2 Å². The number of carbonyl (C=O) groups is 2. The van der Waals surface area contributed by atoms with E-state index in [1.54, 1.807) is 24.3 Å². The van der Waals surface area contributed by atoms with Crippen molar-refractivity contribution < 1.29 is 18.0 Å². The average Bonchev–Trinajstić information content (AvgIpc) is 2.90. The van der Waals surface area contributed by atoms with Crippen molar-refractivity contribution >= 4 is 59.4 Å². The van der Waals surface area contributed by atoms with Gasteiger partial charge in [-0.3, -0.25) is 13.9 Å². The lowest BCUT2D eigenvalue weighted by atomic mass is 10.0. The van der Waals surface area contributed by atoms with Crippen LogP contribution < -0.4 is 9.62 Å². The Hall–Kier alpha value is -2.69. The molecule has 10 heteroatoms. The molecule has 0 aliphatic carbocycles. The molecule has 0 saturated heterocycles. The Bertz CT molecular complexity index is 1350. The Balaban J connectivity index is 2.04. The van der Waals surface area contributed by atoms with Crippen LogP contribution in [0.5, 0.6) is 0 Å². The standard InChI is InChI=1S/C29H33Br2N3O4S/c1-4-21(2)32-29(36)27(18-22-8-6-5-7-9-22)33(19-23-10-12-24(30)13-11-23)28(35)20-34(39(3,37)38)26-16-14-25(31)15-17-26/h5-17,21,27H,4,18-20H2,1-3H3,(H,32,36)/t21-,27-/m1/s1. The summed E-state index contributed by atoms with van der Waals surface area (Å²) in [4.78, 5) is 29.2. The van der Waals surface area contributed by atoms with Crippen molar-refractivity contribution in [3.63, 3.8) is 0 Å². The maximum absolute atomic E-state index is 14.0. The molecule has 0 aromatic heterocycles. The van der Waals surface area contributed by atoms with Gasteiger partial charge in [-0.25, -0.2) is 8.42 Å². The van der Waals surface area contributed by atoms with Crippen LogP contribution in [0.1, 0.15) is 31.4 Å². The molecule has 0 bridgehead atoms. The molecule has 0 spiro atoms. The molecule has 208 valence electrons. The second kappa shape index (κ2) is 14.1. The van der Waals surface area contributed by atoms with Gasteiger partial charge >= 0.3 is 0 Å². The Kier molecular flexibility index (Phi) is 11.1. The number of halogens is 2. The van der Waals surface area contributed by atoms with E-state index in [9.17, 15) is 18.0 Å². The lowest BCUT2D eigenvalue weighted by molar-refractivity contribution is -0.140. The van der Waals surface area contributed by atoms with Gasteiger partial charge in [0.25, 0.3) is 0 Å². The first-order valence-corrected chi connectivity index (χ1v) is 16.0. The SMILES string of the molecule is CC[C@@H](C)NC(=O)[C@@H](Cc1ccccc1)N(Cc1ccc(Br)cc1)C(=O)CN(c1ccc(Br)cc1)S(C)(=O)=O. The molecule has 0 unspecified atom stereocenters. The fourth-order valence-electron chi connectivity index (χ4n) is 4.00. The Morgan fingerprint density at radius 2 is 1.44 bits per heavy atom. The summed E-state index contributed by atoms with van der Waals surface area (Å²) in [5.41, 5.74) is 2.07. The highest BCUT2D eigenvalue weighted by Gasteiger charge is 2.33. The molecule has 2 atom stereocenters. The van der Waals surface area contributed by atoms with Gasteiger partial charge < -0.3 is 10.2 Å². The monoisotopic (exact) mass is 677 g/mol. The molecule has 0 fully saturated rings. The number of hydrogen-bond acceptors (Lipinski definition) is 4. The van der Waals surface area contributed by atoms with Gasteiger partial charge in [-0.15, -0.1) is 0 Å². The van der Waals surface area contributed by atoms with Crippen molar-refractivity contribution in [2.75, 3.05) is 17.1 Å². The van der Waals surface area contributed by atoms with Crippen molar-refractivity contribution in [1.82, 2.24) is 10.2 Å². The molecule has 3 rings (SSSR count). The predicted molar refractivity (Wildman–Crippen MR) is 163 cm³/mol. The van der Waals surface area contributed by atoms with Gasteiger partial charge in [0.2, 0.25) is 21.8 Å². The van der Waals surface area contributed by atoms with Crippen molar-refractivity contribution in [1.29, 1.82) is 0 Å². The summed E-state index contributed by atoms with van der Waals surface area (Å²) < 4.78 is 28.4. The number of sulfonamides is 1. The highest BCUT2D eigenvalue weighted by molar-refractivity contribution is 9.10. The van der Waals surface area contributed by atoms with Crippen LogP contribution in [-0.2, 0) is 32.6 Å².